The lowest BCUT2D eigenvalue weighted by molar-refractivity contribution is -0.144. The molecule has 0 aliphatic carbocycles. The number of unbranched alkanes of at least 4 members (excludes halogenated alkanes) is 2. The van der Waals surface area contributed by atoms with Crippen LogP contribution in [-0.4, -0.2) is 125 Å². The molecule has 0 aromatic rings. The Morgan fingerprint density at radius 1 is 0.491 bits per heavy atom. The zero-order chi connectivity index (χ0) is 38.2. The van der Waals surface area contributed by atoms with Crippen molar-refractivity contribution in [2.75, 3.05) is 102 Å². The minimum Gasteiger partial charge on any atom is -0.460 e. The summed E-state index contributed by atoms with van der Waals surface area (Å²) >= 11 is 10.5. The molecule has 0 aromatic heterocycles. The lowest BCUT2D eigenvalue weighted by atomic mass is 10.1. The lowest BCUT2D eigenvalue weighted by Crippen LogP contribution is -2.13. The van der Waals surface area contributed by atoms with E-state index < -0.39 is 0 Å². The molecule has 2 unspecified atom stereocenters. The average molecular weight is 951 g/mol. The molecule has 0 N–H and O–H groups in total. The number of rotatable bonds is 14. The Kier molecular flexibility index (Phi) is 25.6. The maximum absolute atomic E-state index is 12.8. The Labute approximate surface area is 369 Å². The van der Waals surface area contributed by atoms with Crippen molar-refractivity contribution in [2.45, 2.75) is 74.7 Å². The molecule has 312 valence electrons. The van der Waals surface area contributed by atoms with Gasteiger partial charge in [-0.15, -0.1) is 23.5 Å². The summed E-state index contributed by atoms with van der Waals surface area (Å²) in [6, 6.07) is 0. The number of esters is 2. The quantitative estimate of drug-likeness (QED) is 0.0937. The molecule has 5 rings (SSSR count). The second kappa shape index (κ2) is 29.7. The first-order chi connectivity index (χ1) is 27.1. The number of ether oxygens (including phenoxy) is 7. The first-order valence-electron chi connectivity index (χ1n) is 19.1. The molecule has 2 saturated heterocycles. The van der Waals surface area contributed by atoms with Crippen molar-refractivity contribution in [3.05, 3.63) is 26.8 Å². The van der Waals surface area contributed by atoms with Crippen molar-refractivity contribution in [3.8, 4) is 0 Å². The maximum atomic E-state index is 12.8. The van der Waals surface area contributed by atoms with Crippen LogP contribution >= 0.6 is 114 Å². The number of thioether (sulfide) groups is 6. The summed E-state index contributed by atoms with van der Waals surface area (Å²) < 4.78 is 45.0. The molecule has 55 heavy (non-hydrogen) atoms. The normalized spacial score (nSPS) is 24.6. The zero-order valence-electron chi connectivity index (χ0n) is 31.3. The summed E-state index contributed by atoms with van der Waals surface area (Å²) in [5, 5.41) is 1.44. The Morgan fingerprint density at radius 2 is 0.891 bits per heavy atom. The van der Waals surface area contributed by atoms with Gasteiger partial charge in [0, 0.05) is 56.2 Å². The van der Waals surface area contributed by atoms with Crippen LogP contribution in [0.2, 0.25) is 0 Å². The van der Waals surface area contributed by atoms with Crippen molar-refractivity contribution in [1.29, 1.82) is 0 Å². The van der Waals surface area contributed by atoms with E-state index in [0.717, 1.165) is 74.6 Å². The van der Waals surface area contributed by atoms with E-state index >= 15 is 0 Å². The summed E-state index contributed by atoms with van der Waals surface area (Å²) in [6.45, 7) is 6.03. The summed E-state index contributed by atoms with van der Waals surface area (Å²) in [7, 11) is 7.90. The van der Waals surface area contributed by atoms with Crippen LogP contribution in [0.5, 0.6) is 0 Å². The van der Waals surface area contributed by atoms with Gasteiger partial charge < -0.3 is 33.2 Å². The van der Waals surface area contributed by atoms with Gasteiger partial charge in [-0.25, -0.2) is 0 Å². The van der Waals surface area contributed by atoms with Crippen LogP contribution in [0, 0.1) is 0 Å². The molecule has 0 spiro atoms. The van der Waals surface area contributed by atoms with E-state index in [1.807, 2.05) is 66.7 Å². The molecule has 0 amide bonds. The van der Waals surface area contributed by atoms with E-state index in [9.17, 15) is 9.59 Å². The van der Waals surface area contributed by atoms with Gasteiger partial charge in [0.05, 0.1) is 83.0 Å². The third-order valence-corrected chi connectivity index (χ3v) is 23.0. The van der Waals surface area contributed by atoms with Crippen LogP contribution < -0.4 is 0 Å². The van der Waals surface area contributed by atoms with Gasteiger partial charge in [-0.05, 0) is 38.5 Å². The number of carbonyl (C=O) groups excluding carboxylic acids is 2. The minimum absolute atomic E-state index is 0.161. The van der Waals surface area contributed by atoms with E-state index in [4.69, 9.17) is 33.2 Å². The molecule has 2 atom stereocenters. The van der Waals surface area contributed by atoms with Crippen molar-refractivity contribution >= 4 is 126 Å². The fourth-order valence-corrected chi connectivity index (χ4v) is 20.0. The van der Waals surface area contributed by atoms with Gasteiger partial charge in [-0.2, -0.15) is 0 Å². The number of carbonyl (C=O) groups is 2. The first kappa shape index (κ1) is 47.5. The minimum atomic E-state index is -0.161. The summed E-state index contributed by atoms with van der Waals surface area (Å²) in [6.07, 6.45) is 9.55. The highest BCUT2D eigenvalue weighted by Crippen LogP contribution is 2.63. The van der Waals surface area contributed by atoms with Crippen LogP contribution in [0.25, 0.3) is 0 Å². The van der Waals surface area contributed by atoms with E-state index in [2.05, 4.69) is 0 Å². The van der Waals surface area contributed by atoms with Crippen molar-refractivity contribution in [1.82, 2.24) is 0 Å². The summed E-state index contributed by atoms with van der Waals surface area (Å²) in [5.74, 6) is 3.82. The highest BCUT2D eigenvalue weighted by molar-refractivity contribution is 8.77. The van der Waals surface area contributed by atoms with Crippen LogP contribution in [0.15, 0.2) is 26.8 Å². The Morgan fingerprint density at radius 3 is 1.29 bits per heavy atom. The third-order valence-electron chi connectivity index (χ3n) is 8.35. The van der Waals surface area contributed by atoms with Crippen molar-refractivity contribution in [2.24, 2.45) is 0 Å². The van der Waals surface area contributed by atoms with Crippen molar-refractivity contribution < 1.29 is 42.7 Å². The molecular formula is C36H54O9S10. The molecule has 0 saturated carbocycles. The molecule has 19 heteroatoms. The fourth-order valence-electron chi connectivity index (χ4n) is 5.41. The topological polar surface area (TPSA) is 98.8 Å². The van der Waals surface area contributed by atoms with Crippen LogP contribution in [0.4, 0.5) is 0 Å². The Bertz CT molecular complexity index is 1170. The van der Waals surface area contributed by atoms with E-state index in [1.165, 1.54) is 37.1 Å². The second-order valence-corrected chi connectivity index (χ2v) is 25.7. The predicted octanol–water partition coefficient (Wildman–Crippen LogP) is 10.5. The van der Waals surface area contributed by atoms with Gasteiger partial charge in [0.25, 0.3) is 0 Å². The summed E-state index contributed by atoms with van der Waals surface area (Å²) in [5.41, 5.74) is 0. The molecule has 0 aromatic carbocycles. The van der Waals surface area contributed by atoms with Gasteiger partial charge >= 0.3 is 11.9 Å². The molecule has 0 radical (unpaired) electrons. The van der Waals surface area contributed by atoms with Gasteiger partial charge in [0.2, 0.25) is 0 Å². The fraction of sp³-hybridized carbons (Fsp3) is 0.778. The van der Waals surface area contributed by atoms with Crippen LogP contribution in [0.1, 0.15) is 64.2 Å². The van der Waals surface area contributed by atoms with Gasteiger partial charge in [-0.1, -0.05) is 103 Å². The Balaban J connectivity index is 1.14. The number of hydrogen-bond acceptors (Lipinski definition) is 19. The second-order valence-electron chi connectivity index (χ2n) is 12.6. The van der Waals surface area contributed by atoms with Crippen LogP contribution in [0.3, 0.4) is 0 Å². The summed E-state index contributed by atoms with van der Waals surface area (Å²) in [4.78, 5) is 27.5. The van der Waals surface area contributed by atoms with E-state index in [1.54, 1.807) is 47.0 Å². The van der Waals surface area contributed by atoms with Crippen LogP contribution in [-0.2, 0) is 42.7 Å². The molecule has 5 heterocycles. The number of hydrogen-bond donors (Lipinski definition) is 0. The maximum Gasteiger partial charge on any atom is 0.306 e. The standard InChI is InChI=1S/C36H54O9S10/c37-31(7-3-1-5-27-9-21-48-54-27)44-25-29-30(26-45-32(38)8-4-2-6-28-10-22-49-55-28)51-35(50-29)36-52-33-34(53-36)47-24-20-43-18-16-41-14-12-39-11-13-40-15-17-42-19-23-46-33/h27-28H,1-26H2. The van der Waals surface area contributed by atoms with E-state index in [0.29, 0.717) is 78.9 Å². The molecular weight excluding hydrogens is 897 g/mol. The first-order valence-corrected chi connectivity index (χ1v) is 29.1. The molecule has 5 aliphatic heterocycles. The molecule has 2 fully saturated rings. The average Bonchev–Trinajstić information content (AvgIpc) is 4.03. The van der Waals surface area contributed by atoms with Gasteiger partial charge in [0.1, 0.15) is 13.2 Å². The highest BCUT2D eigenvalue weighted by Gasteiger charge is 2.31. The lowest BCUT2D eigenvalue weighted by Gasteiger charge is -2.09. The predicted molar refractivity (Wildman–Crippen MR) is 246 cm³/mol. The monoisotopic (exact) mass is 950 g/mol. The Hall–Kier alpha value is 1.46. The van der Waals surface area contributed by atoms with E-state index in [-0.39, 0.29) is 25.2 Å². The van der Waals surface area contributed by atoms with Crippen molar-refractivity contribution in [3.63, 3.8) is 0 Å². The molecule has 9 nitrogen and oxygen atoms in total. The van der Waals surface area contributed by atoms with Gasteiger partial charge in [0.15, 0.2) is 0 Å². The smallest absolute Gasteiger partial charge is 0.306 e. The SMILES string of the molecule is O=C(CCCCC1CCSS1)OCC1=C(COC(=O)CCCCC2CCSS2)SC(=C2SC3=C(SCCOCCOCCOCCOCCOCCS3)S2)S1. The third kappa shape index (κ3) is 19.8. The molecule has 5 aliphatic rings. The highest BCUT2D eigenvalue weighted by atomic mass is 33.1. The van der Waals surface area contributed by atoms with Gasteiger partial charge in [-0.3, -0.25) is 9.59 Å². The largest absolute Gasteiger partial charge is 0.460 e. The zero-order valence-corrected chi connectivity index (χ0v) is 39.5. The molecule has 0 bridgehead atoms.